The normalized spacial score (nSPS) is 12.6. The van der Waals surface area contributed by atoms with Crippen molar-refractivity contribution in [2.24, 2.45) is 0 Å². The van der Waals surface area contributed by atoms with Crippen molar-refractivity contribution in [2.45, 2.75) is 26.1 Å². The molecule has 0 bridgehead atoms. The van der Waals surface area contributed by atoms with Crippen LogP contribution in [0.1, 0.15) is 23.7 Å². The molecule has 0 spiro atoms. The van der Waals surface area contributed by atoms with Gasteiger partial charge in [0.2, 0.25) is 5.88 Å². The van der Waals surface area contributed by atoms with E-state index in [9.17, 15) is 13.9 Å². The topological polar surface area (TPSA) is 106 Å². The molecule has 2 aromatic carbocycles. The van der Waals surface area contributed by atoms with Crippen molar-refractivity contribution < 1.29 is 32.1 Å². The number of benzene rings is 2. The van der Waals surface area contributed by atoms with Crippen molar-refractivity contribution in [3.8, 4) is 22.9 Å². The average Bonchev–Trinajstić information content (AvgIpc) is 2.94. The van der Waals surface area contributed by atoms with Gasteiger partial charge in [-0.2, -0.15) is 8.78 Å². The van der Waals surface area contributed by atoms with E-state index in [1.807, 2.05) is 0 Å². The standard InChI is InChI=1S/C27H24F4N6O3/c1-5-37(24-13-18(23-14-32-35-36-34-23)25(39-4)33-15(24)2)16(3)27(38,19-8-6-7-9-21(19)28)20-11-10-17(12-22(20)29)40-26(30)31/h6-14,26,38H,3,5H2,1-2,4H3. The molecule has 0 saturated heterocycles. The number of alkyl halides is 2. The summed E-state index contributed by atoms with van der Waals surface area (Å²) in [4.78, 5) is 6.00. The number of aliphatic hydroxyl groups is 1. The third-order valence-corrected chi connectivity index (χ3v) is 6.21. The maximum Gasteiger partial charge on any atom is 0.387 e. The van der Waals surface area contributed by atoms with Gasteiger partial charge in [0.15, 0.2) is 5.60 Å². The lowest BCUT2D eigenvalue weighted by atomic mass is 9.82. The number of nitrogens with zero attached hydrogens (tertiary/aromatic N) is 6. The van der Waals surface area contributed by atoms with Crippen molar-refractivity contribution in [3.63, 3.8) is 0 Å². The van der Waals surface area contributed by atoms with Gasteiger partial charge in [0, 0.05) is 23.7 Å². The summed E-state index contributed by atoms with van der Waals surface area (Å²) in [6.07, 6.45) is 1.35. The molecule has 1 atom stereocenters. The number of hydrogen-bond donors (Lipinski definition) is 1. The molecule has 1 unspecified atom stereocenters. The van der Waals surface area contributed by atoms with Crippen LogP contribution in [-0.2, 0) is 5.60 Å². The molecule has 2 aromatic heterocycles. The summed E-state index contributed by atoms with van der Waals surface area (Å²) in [7, 11) is 1.42. The van der Waals surface area contributed by atoms with Gasteiger partial charge in [-0.05, 0) is 48.5 Å². The second-order valence-electron chi connectivity index (χ2n) is 8.46. The Morgan fingerprint density at radius 1 is 1.07 bits per heavy atom. The van der Waals surface area contributed by atoms with Crippen molar-refractivity contribution >= 4 is 5.69 Å². The van der Waals surface area contributed by atoms with Crippen LogP contribution in [0, 0.1) is 18.6 Å². The molecule has 0 saturated carbocycles. The Labute approximate surface area is 226 Å². The minimum Gasteiger partial charge on any atom is -0.480 e. The molecule has 9 nitrogen and oxygen atoms in total. The summed E-state index contributed by atoms with van der Waals surface area (Å²) >= 11 is 0. The summed E-state index contributed by atoms with van der Waals surface area (Å²) in [5.41, 5.74) is -1.92. The van der Waals surface area contributed by atoms with E-state index in [2.05, 4.69) is 36.9 Å². The number of methoxy groups -OCH3 is 1. The van der Waals surface area contributed by atoms with Crippen LogP contribution in [0.5, 0.6) is 11.6 Å². The highest BCUT2D eigenvalue weighted by atomic mass is 19.3. The molecule has 4 aromatic rings. The Hall–Kier alpha value is -4.65. The number of anilines is 1. The molecule has 0 fully saturated rings. The molecule has 208 valence electrons. The number of aromatic nitrogens is 5. The Morgan fingerprint density at radius 3 is 2.40 bits per heavy atom. The van der Waals surface area contributed by atoms with Gasteiger partial charge in [-0.15, -0.1) is 10.2 Å². The zero-order chi connectivity index (χ0) is 29.0. The fraction of sp³-hybridized carbons (Fsp3) is 0.222. The number of likely N-dealkylation sites (N-methyl/N-ethyl adjacent to an activating group) is 1. The largest absolute Gasteiger partial charge is 0.480 e. The third-order valence-electron chi connectivity index (χ3n) is 6.21. The second-order valence-corrected chi connectivity index (χ2v) is 8.46. The van der Waals surface area contributed by atoms with Gasteiger partial charge in [0.25, 0.3) is 0 Å². The summed E-state index contributed by atoms with van der Waals surface area (Å²) in [5, 5.41) is 26.9. The zero-order valence-corrected chi connectivity index (χ0v) is 21.6. The fourth-order valence-corrected chi connectivity index (χ4v) is 4.38. The Bertz CT molecular complexity index is 1530. The van der Waals surface area contributed by atoms with E-state index in [0.717, 1.165) is 18.2 Å². The van der Waals surface area contributed by atoms with Crippen LogP contribution in [0.4, 0.5) is 23.2 Å². The Kier molecular flexibility index (Phi) is 8.24. The number of pyridine rings is 1. The SMILES string of the molecule is C=C(N(CC)c1cc(-c2cnnnn2)c(OC)nc1C)C(O)(c1ccccc1F)c1ccc(OC(F)F)cc1F. The van der Waals surface area contributed by atoms with E-state index in [-0.39, 0.29) is 29.4 Å². The number of ether oxygens (including phenoxy) is 2. The summed E-state index contributed by atoms with van der Waals surface area (Å²) in [6, 6.07) is 9.66. The van der Waals surface area contributed by atoms with Crippen molar-refractivity contribution in [1.82, 2.24) is 25.6 Å². The first-order valence-electron chi connectivity index (χ1n) is 11.9. The number of aryl methyl sites for hydroxylation is 1. The van der Waals surface area contributed by atoms with Crippen molar-refractivity contribution in [1.29, 1.82) is 0 Å². The van der Waals surface area contributed by atoms with E-state index in [1.165, 1.54) is 36.4 Å². The van der Waals surface area contributed by atoms with E-state index in [0.29, 0.717) is 23.0 Å². The lowest BCUT2D eigenvalue weighted by molar-refractivity contribution is -0.0500. The number of hydrogen-bond acceptors (Lipinski definition) is 9. The van der Waals surface area contributed by atoms with Gasteiger partial charge in [0.1, 0.15) is 23.1 Å². The minimum absolute atomic E-state index is 0.151. The highest BCUT2D eigenvalue weighted by Crippen LogP contribution is 2.43. The van der Waals surface area contributed by atoms with E-state index in [1.54, 1.807) is 19.9 Å². The Balaban J connectivity index is 1.92. The van der Waals surface area contributed by atoms with Crippen molar-refractivity contribution in [3.05, 3.63) is 95.5 Å². The third kappa shape index (κ3) is 5.27. The predicted molar refractivity (Wildman–Crippen MR) is 137 cm³/mol. The molecular weight excluding hydrogens is 532 g/mol. The lowest BCUT2D eigenvalue weighted by Crippen LogP contribution is -2.41. The van der Waals surface area contributed by atoms with Gasteiger partial charge in [-0.25, -0.2) is 13.8 Å². The molecule has 2 heterocycles. The number of halogens is 4. The number of rotatable bonds is 10. The van der Waals surface area contributed by atoms with Crippen LogP contribution in [0.2, 0.25) is 0 Å². The average molecular weight is 557 g/mol. The maximum atomic E-state index is 15.5. The summed E-state index contributed by atoms with van der Waals surface area (Å²) in [6.45, 7) is 4.43. The smallest absolute Gasteiger partial charge is 0.387 e. The van der Waals surface area contributed by atoms with Gasteiger partial charge in [-0.1, -0.05) is 24.8 Å². The quantitative estimate of drug-likeness (QED) is 0.276. The van der Waals surface area contributed by atoms with Crippen LogP contribution in [0.3, 0.4) is 0 Å². The molecule has 0 amide bonds. The predicted octanol–water partition coefficient (Wildman–Crippen LogP) is 4.80. The maximum absolute atomic E-state index is 15.5. The minimum atomic E-state index is -3.19. The second kappa shape index (κ2) is 11.6. The molecule has 0 aliphatic rings. The fourth-order valence-electron chi connectivity index (χ4n) is 4.38. The van der Waals surface area contributed by atoms with Gasteiger partial charge < -0.3 is 19.5 Å². The van der Waals surface area contributed by atoms with Gasteiger partial charge in [-0.3, -0.25) is 0 Å². The first-order chi connectivity index (χ1) is 19.1. The Morgan fingerprint density at radius 2 is 1.80 bits per heavy atom. The van der Waals surface area contributed by atoms with Crippen LogP contribution in [0.15, 0.2) is 67.0 Å². The monoisotopic (exact) mass is 556 g/mol. The molecular formula is C27H24F4N6O3. The van der Waals surface area contributed by atoms with Crippen LogP contribution >= 0.6 is 0 Å². The highest BCUT2D eigenvalue weighted by molar-refractivity contribution is 5.72. The molecule has 4 rings (SSSR count). The van der Waals surface area contributed by atoms with Gasteiger partial charge >= 0.3 is 6.61 Å². The van der Waals surface area contributed by atoms with E-state index < -0.39 is 35.2 Å². The van der Waals surface area contributed by atoms with Crippen LogP contribution in [-0.4, -0.2) is 51.0 Å². The molecule has 0 aliphatic carbocycles. The highest BCUT2D eigenvalue weighted by Gasteiger charge is 2.42. The van der Waals surface area contributed by atoms with Gasteiger partial charge in [0.05, 0.1) is 35.9 Å². The molecule has 0 radical (unpaired) electrons. The first kappa shape index (κ1) is 28.4. The molecule has 0 aliphatic heterocycles. The van der Waals surface area contributed by atoms with Crippen molar-refractivity contribution in [2.75, 3.05) is 18.6 Å². The lowest BCUT2D eigenvalue weighted by Gasteiger charge is -2.39. The summed E-state index contributed by atoms with van der Waals surface area (Å²) in [5.74, 6) is -2.24. The van der Waals surface area contributed by atoms with E-state index >= 15 is 8.78 Å². The zero-order valence-electron chi connectivity index (χ0n) is 21.6. The molecule has 13 heteroatoms. The molecule has 1 N–H and O–H groups in total. The summed E-state index contributed by atoms with van der Waals surface area (Å²) < 4.78 is 65.8. The molecule has 40 heavy (non-hydrogen) atoms. The van der Waals surface area contributed by atoms with Crippen LogP contribution < -0.4 is 14.4 Å². The van der Waals surface area contributed by atoms with Crippen LogP contribution in [0.25, 0.3) is 11.3 Å². The van der Waals surface area contributed by atoms with E-state index in [4.69, 9.17) is 4.74 Å². The first-order valence-corrected chi connectivity index (χ1v) is 11.9.